The number of hydrogen-bond acceptors (Lipinski definition) is 3. The Morgan fingerprint density at radius 1 is 1.12 bits per heavy atom. The van der Waals surface area contributed by atoms with Gasteiger partial charge < -0.3 is 11.1 Å². The average Bonchev–Trinajstić information content (AvgIpc) is 2.30. The number of nitrogens with one attached hydrogen (secondary N) is 1. The Bertz CT molecular complexity index is 400. The molecule has 0 fully saturated rings. The van der Waals surface area contributed by atoms with Crippen molar-refractivity contribution in [3.8, 4) is 0 Å². The number of aromatic nitrogens is 1. The third kappa shape index (κ3) is 2.73. The van der Waals surface area contributed by atoms with Crippen LogP contribution in [0.5, 0.6) is 0 Å². The van der Waals surface area contributed by atoms with Gasteiger partial charge in [0.05, 0.1) is 0 Å². The van der Waals surface area contributed by atoms with E-state index in [4.69, 9.17) is 5.73 Å². The minimum Gasteiger partial charge on any atom is -0.399 e. The first-order valence-electron chi connectivity index (χ1n) is 5.25. The molecule has 0 bridgehead atoms. The molecule has 0 saturated carbocycles. The standard InChI is InChI=1S/C13H15N3/c1-10-2-7-13(15-8-10)16-9-11-3-5-12(14)6-4-11/h2-8H,9,14H2,1H3,(H,15,16). The van der Waals surface area contributed by atoms with Gasteiger partial charge in [-0.05, 0) is 36.2 Å². The highest BCUT2D eigenvalue weighted by Crippen LogP contribution is 2.09. The van der Waals surface area contributed by atoms with Crippen molar-refractivity contribution in [2.24, 2.45) is 0 Å². The lowest BCUT2D eigenvalue weighted by molar-refractivity contribution is 1.11. The lowest BCUT2D eigenvalue weighted by Gasteiger charge is -2.06. The van der Waals surface area contributed by atoms with E-state index in [9.17, 15) is 0 Å². The molecule has 0 spiro atoms. The van der Waals surface area contributed by atoms with E-state index < -0.39 is 0 Å². The van der Waals surface area contributed by atoms with Gasteiger partial charge in [-0.3, -0.25) is 0 Å². The summed E-state index contributed by atoms with van der Waals surface area (Å²) in [5.74, 6) is 0.891. The Hall–Kier alpha value is -2.03. The normalized spacial score (nSPS) is 10.1. The van der Waals surface area contributed by atoms with E-state index in [1.54, 1.807) is 0 Å². The summed E-state index contributed by atoms with van der Waals surface area (Å²) in [5.41, 5.74) is 8.76. The first kappa shape index (κ1) is 10.5. The van der Waals surface area contributed by atoms with Crippen molar-refractivity contribution in [1.29, 1.82) is 0 Å². The maximum Gasteiger partial charge on any atom is 0.126 e. The Labute approximate surface area is 95.3 Å². The predicted octanol–water partition coefficient (Wildman–Crippen LogP) is 2.58. The molecule has 2 aromatic rings. The van der Waals surface area contributed by atoms with Gasteiger partial charge >= 0.3 is 0 Å². The molecule has 3 N–H and O–H groups in total. The topological polar surface area (TPSA) is 50.9 Å². The van der Waals surface area contributed by atoms with E-state index in [1.165, 1.54) is 5.56 Å². The van der Waals surface area contributed by atoms with Gasteiger partial charge in [0.1, 0.15) is 5.82 Å². The summed E-state index contributed by atoms with van der Waals surface area (Å²) in [6.45, 7) is 2.78. The maximum atomic E-state index is 5.62. The molecule has 0 aliphatic heterocycles. The smallest absolute Gasteiger partial charge is 0.126 e. The highest BCUT2D eigenvalue weighted by Gasteiger charge is 1.94. The van der Waals surface area contributed by atoms with Gasteiger partial charge in [0.2, 0.25) is 0 Å². The molecule has 1 aromatic heterocycles. The second-order valence-corrected chi connectivity index (χ2v) is 3.82. The summed E-state index contributed by atoms with van der Waals surface area (Å²) in [5, 5.41) is 3.26. The number of anilines is 2. The molecule has 0 radical (unpaired) electrons. The first-order valence-corrected chi connectivity index (χ1v) is 5.25. The Balaban J connectivity index is 1.97. The molecular weight excluding hydrogens is 198 g/mol. The van der Waals surface area contributed by atoms with Crippen LogP contribution < -0.4 is 11.1 Å². The van der Waals surface area contributed by atoms with Crippen molar-refractivity contribution < 1.29 is 0 Å². The summed E-state index contributed by atoms with van der Waals surface area (Å²) in [7, 11) is 0. The Morgan fingerprint density at radius 3 is 2.50 bits per heavy atom. The van der Waals surface area contributed by atoms with Crippen LogP contribution in [-0.2, 0) is 6.54 Å². The van der Waals surface area contributed by atoms with Crippen molar-refractivity contribution in [2.75, 3.05) is 11.1 Å². The van der Waals surface area contributed by atoms with E-state index in [-0.39, 0.29) is 0 Å². The third-order valence-electron chi connectivity index (χ3n) is 2.36. The molecule has 0 saturated heterocycles. The molecule has 16 heavy (non-hydrogen) atoms. The quantitative estimate of drug-likeness (QED) is 0.770. The largest absolute Gasteiger partial charge is 0.399 e. The molecular formula is C13H15N3. The fraction of sp³-hybridized carbons (Fsp3) is 0.154. The van der Waals surface area contributed by atoms with Crippen LogP contribution in [0.15, 0.2) is 42.6 Å². The summed E-state index contributed by atoms with van der Waals surface area (Å²) >= 11 is 0. The molecule has 2 rings (SSSR count). The molecule has 0 amide bonds. The van der Waals surface area contributed by atoms with Crippen LogP contribution in [0.1, 0.15) is 11.1 Å². The van der Waals surface area contributed by atoms with Crippen molar-refractivity contribution >= 4 is 11.5 Å². The Kier molecular flexibility index (Phi) is 3.05. The second kappa shape index (κ2) is 4.66. The number of pyridine rings is 1. The first-order chi connectivity index (χ1) is 7.74. The van der Waals surface area contributed by atoms with Gasteiger partial charge in [-0.1, -0.05) is 18.2 Å². The lowest BCUT2D eigenvalue weighted by atomic mass is 10.2. The van der Waals surface area contributed by atoms with Crippen LogP contribution in [0, 0.1) is 6.92 Å². The minimum absolute atomic E-state index is 0.760. The maximum absolute atomic E-state index is 5.62. The van der Waals surface area contributed by atoms with E-state index in [1.807, 2.05) is 49.5 Å². The van der Waals surface area contributed by atoms with Crippen molar-refractivity contribution in [3.63, 3.8) is 0 Å². The highest BCUT2D eigenvalue weighted by atomic mass is 15.0. The molecule has 1 heterocycles. The number of nitrogen functional groups attached to an aromatic ring is 1. The van der Waals surface area contributed by atoms with Gasteiger partial charge in [0.25, 0.3) is 0 Å². The summed E-state index contributed by atoms with van der Waals surface area (Å²) in [4.78, 5) is 4.28. The van der Waals surface area contributed by atoms with Gasteiger partial charge in [0, 0.05) is 18.4 Å². The van der Waals surface area contributed by atoms with E-state index in [2.05, 4.69) is 10.3 Å². The van der Waals surface area contributed by atoms with E-state index >= 15 is 0 Å². The molecule has 0 atom stereocenters. The van der Waals surface area contributed by atoms with Crippen LogP contribution in [0.3, 0.4) is 0 Å². The van der Waals surface area contributed by atoms with Crippen LogP contribution >= 0.6 is 0 Å². The zero-order valence-electron chi connectivity index (χ0n) is 9.27. The molecule has 0 aliphatic rings. The SMILES string of the molecule is Cc1ccc(NCc2ccc(N)cc2)nc1. The summed E-state index contributed by atoms with van der Waals surface area (Å²) in [6.07, 6.45) is 1.85. The summed E-state index contributed by atoms with van der Waals surface area (Å²) in [6, 6.07) is 11.8. The molecule has 3 heteroatoms. The number of benzene rings is 1. The van der Waals surface area contributed by atoms with Gasteiger partial charge in [-0.15, -0.1) is 0 Å². The van der Waals surface area contributed by atoms with Crippen molar-refractivity contribution in [1.82, 2.24) is 4.98 Å². The molecule has 82 valence electrons. The number of aryl methyl sites for hydroxylation is 1. The number of rotatable bonds is 3. The van der Waals surface area contributed by atoms with Crippen molar-refractivity contribution in [2.45, 2.75) is 13.5 Å². The summed E-state index contributed by atoms with van der Waals surface area (Å²) < 4.78 is 0. The van der Waals surface area contributed by atoms with E-state index in [0.717, 1.165) is 23.6 Å². The zero-order chi connectivity index (χ0) is 11.4. The van der Waals surface area contributed by atoms with Crippen LogP contribution in [0.25, 0.3) is 0 Å². The fourth-order valence-corrected chi connectivity index (χ4v) is 1.40. The molecule has 3 nitrogen and oxygen atoms in total. The van der Waals surface area contributed by atoms with Crippen LogP contribution in [0.2, 0.25) is 0 Å². The monoisotopic (exact) mass is 213 g/mol. The zero-order valence-corrected chi connectivity index (χ0v) is 9.27. The predicted molar refractivity (Wildman–Crippen MR) is 67.2 cm³/mol. The molecule has 1 aromatic carbocycles. The van der Waals surface area contributed by atoms with Gasteiger partial charge in [-0.2, -0.15) is 0 Å². The minimum atomic E-state index is 0.760. The fourth-order valence-electron chi connectivity index (χ4n) is 1.40. The Morgan fingerprint density at radius 2 is 1.88 bits per heavy atom. The van der Waals surface area contributed by atoms with E-state index in [0.29, 0.717) is 0 Å². The number of hydrogen-bond donors (Lipinski definition) is 2. The molecule has 0 aliphatic carbocycles. The lowest BCUT2D eigenvalue weighted by Crippen LogP contribution is -2.01. The van der Waals surface area contributed by atoms with Gasteiger partial charge in [-0.25, -0.2) is 4.98 Å². The number of nitrogens with two attached hydrogens (primary N) is 1. The highest BCUT2D eigenvalue weighted by molar-refractivity contribution is 5.41. The number of nitrogens with zero attached hydrogens (tertiary/aromatic N) is 1. The van der Waals surface area contributed by atoms with Crippen LogP contribution in [0.4, 0.5) is 11.5 Å². The van der Waals surface area contributed by atoms with Gasteiger partial charge in [0.15, 0.2) is 0 Å². The molecule has 0 unspecified atom stereocenters. The second-order valence-electron chi connectivity index (χ2n) is 3.82. The average molecular weight is 213 g/mol. The third-order valence-corrected chi connectivity index (χ3v) is 2.36. The van der Waals surface area contributed by atoms with Crippen LogP contribution in [-0.4, -0.2) is 4.98 Å². The van der Waals surface area contributed by atoms with Crippen molar-refractivity contribution in [3.05, 3.63) is 53.7 Å².